The molecular formula is C19H16N2O2. The molecule has 2 amide bonds. The highest BCUT2D eigenvalue weighted by Crippen LogP contribution is 2.31. The summed E-state index contributed by atoms with van der Waals surface area (Å²) in [6.45, 7) is 1.48. The van der Waals surface area contributed by atoms with Gasteiger partial charge in [-0.25, -0.2) is 0 Å². The van der Waals surface area contributed by atoms with Crippen LogP contribution in [0.4, 0.5) is 5.69 Å². The first-order valence-electron chi connectivity index (χ1n) is 7.26. The Labute approximate surface area is 133 Å². The lowest BCUT2D eigenvalue weighted by atomic mass is 9.95. The third-order valence-corrected chi connectivity index (χ3v) is 3.68. The van der Waals surface area contributed by atoms with Crippen LogP contribution in [0.5, 0.6) is 0 Å². The van der Waals surface area contributed by atoms with E-state index in [1.165, 1.54) is 6.92 Å². The summed E-state index contributed by atoms with van der Waals surface area (Å²) in [6, 6.07) is 18.9. The van der Waals surface area contributed by atoms with Crippen LogP contribution in [0.15, 0.2) is 60.7 Å². The number of nitrogens with one attached hydrogen (secondary N) is 1. The Morgan fingerprint density at radius 1 is 0.913 bits per heavy atom. The third kappa shape index (κ3) is 2.92. The predicted molar refractivity (Wildman–Crippen MR) is 92.2 cm³/mol. The molecule has 0 spiro atoms. The fraction of sp³-hybridized carbons (Fsp3) is 0.0526. The Bertz CT molecular complexity index is 916. The van der Waals surface area contributed by atoms with Crippen molar-refractivity contribution in [2.24, 2.45) is 5.73 Å². The topological polar surface area (TPSA) is 72.2 Å². The number of benzene rings is 3. The van der Waals surface area contributed by atoms with Gasteiger partial charge in [-0.15, -0.1) is 0 Å². The smallest absolute Gasteiger partial charge is 0.249 e. The van der Waals surface area contributed by atoms with E-state index in [0.29, 0.717) is 5.56 Å². The van der Waals surface area contributed by atoms with Gasteiger partial charge in [0.05, 0.1) is 0 Å². The number of carbonyl (C=O) groups is 2. The first-order chi connectivity index (χ1) is 11.1. The molecule has 3 aromatic rings. The van der Waals surface area contributed by atoms with E-state index in [9.17, 15) is 9.59 Å². The molecule has 0 heterocycles. The largest absolute Gasteiger partial charge is 0.366 e. The second-order valence-electron chi connectivity index (χ2n) is 5.33. The number of amides is 2. The summed E-state index contributed by atoms with van der Waals surface area (Å²) in [6.07, 6.45) is 0. The maximum atomic E-state index is 11.6. The molecule has 3 aromatic carbocycles. The highest BCUT2D eigenvalue weighted by Gasteiger charge is 2.10. The van der Waals surface area contributed by atoms with Gasteiger partial charge in [-0.1, -0.05) is 42.5 Å². The van der Waals surface area contributed by atoms with Gasteiger partial charge in [-0.05, 0) is 40.1 Å². The van der Waals surface area contributed by atoms with E-state index in [0.717, 1.165) is 27.6 Å². The van der Waals surface area contributed by atoms with Crippen molar-refractivity contribution in [3.8, 4) is 11.1 Å². The van der Waals surface area contributed by atoms with Crippen molar-refractivity contribution in [3.05, 3.63) is 66.2 Å². The number of carbonyl (C=O) groups excluding carboxylic acids is 2. The number of fused-ring (bicyclic) bond motifs is 1. The molecule has 0 aliphatic heterocycles. The summed E-state index contributed by atoms with van der Waals surface area (Å²) in [5, 5.41) is 4.55. The van der Waals surface area contributed by atoms with E-state index in [1.54, 1.807) is 6.07 Å². The lowest BCUT2D eigenvalue weighted by Gasteiger charge is -2.11. The van der Waals surface area contributed by atoms with Crippen molar-refractivity contribution in [1.82, 2.24) is 0 Å². The monoisotopic (exact) mass is 304 g/mol. The minimum Gasteiger partial charge on any atom is -0.366 e. The molecule has 0 saturated heterocycles. The highest BCUT2D eigenvalue weighted by atomic mass is 16.1. The molecule has 0 aromatic heterocycles. The molecular weight excluding hydrogens is 288 g/mol. The average molecular weight is 304 g/mol. The second-order valence-corrected chi connectivity index (χ2v) is 5.33. The molecule has 0 aliphatic carbocycles. The van der Waals surface area contributed by atoms with Gasteiger partial charge in [0.1, 0.15) is 0 Å². The quantitative estimate of drug-likeness (QED) is 0.776. The van der Waals surface area contributed by atoms with Crippen LogP contribution in [0.1, 0.15) is 17.3 Å². The number of hydrogen-bond acceptors (Lipinski definition) is 2. The van der Waals surface area contributed by atoms with Crippen LogP contribution >= 0.6 is 0 Å². The first kappa shape index (κ1) is 14.8. The minimum atomic E-state index is -0.445. The van der Waals surface area contributed by atoms with Gasteiger partial charge in [0.25, 0.3) is 0 Å². The highest BCUT2D eigenvalue weighted by molar-refractivity contribution is 6.10. The summed E-state index contributed by atoms with van der Waals surface area (Å²) < 4.78 is 0. The summed E-state index contributed by atoms with van der Waals surface area (Å²) in [4.78, 5) is 22.8. The van der Waals surface area contributed by atoms with Gasteiger partial charge in [-0.3, -0.25) is 9.59 Å². The van der Waals surface area contributed by atoms with Crippen LogP contribution in [0, 0.1) is 0 Å². The third-order valence-electron chi connectivity index (χ3n) is 3.68. The van der Waals surface area contributed by atoms with Crippen LogP contribution in [0.3, 0.4) is 0 Å². The minimum absolute atomic E-state index is 0.115. The molecule has 4 heteroatoms. The lowest BCUT2D eigenvalue weighted by Crippen LogP contribution is -2.11. The van der Waals surface area contributed by atoms with Crippen LogP contribution < -0.4 is 11.1 Å². The van der Waals surface area contributed by atoms with Crippen molar-refractivity contribution < 1.29 is 9.59 Å². The van der Waals surface area contributed by atoms with Crippen molar-refractivity contribution in [2.75, 3.05) is 5.32 Å². The van der Waals surface area contributed by atoms with Gasteiger partial charge in [0.15, 0.2) is 0 Å². The maximum Gasteiger partial charge on any atom is 0.249 e. The van der Waals surface area contributed by atoms with Gasteiger partial charge < -0.3 is 11.1 Å². The Balaban J connectivity index is 2.19. The van der Waals surface area contributed by atoms with E-state index in [-0.39, 0.29) is 5.91 Å². The standard InChI is InChI=1S/C19H16N2O2/c1-12(22)21-14-6-2-5-13(11-14)15-7-3-9-17-16(15)8-4-10-18(17)19(20)23/h2-11H,1H3,(H2,20,23)(H,21,22). The predicted octanol–water partition coefficient (Wildman–Crippen LogP) is 3.56. The zero-order chi connectivity index (χ0) is 16.4. The van der Waals surface area contributed by atoms with E-state index >= 15 is 0 Å². The van der Waals surface area contributed by atoms with Gasteiger partial charge >= 0.3 is 0 Å². The van der Waals surface area contributed by atoms with Crippen LogP contribution in [0.2, 0.25) is 0 Å². The van der Waals surface area contributed by atoms with E-state index in [1.807, 2.05) is 54.6 Å². The molecule has 0 bridgehead atoms. The van der Waals surface area contributed by atoms with E-state index in [4.69, 9.17) is 5.73 Å². The second kappa shape index (κ2) is 5.93. The molecule has 0 radical (unpaired) electrons. The molecule has 0 saturated carbocycles. The van der Waals surface area contributed by atoms with Gasteiger partial charge in [0, 0.05) is 18.2 Å². The normalized spacial score (nSPS) is 10.5. The first-order valence-corrected chi connectivity index (χ1v) is 7.26. The fourth-order valence-electron chi connectivity index (χ4n) is 2.74. The lowest BCUT2D eigenvalue weighted by molar-refractivity contribution is -0.114. The van der Waals surface area contributed by atoms with Crippen LogP contribution in [0.25, 0.3) is 21.9 Å². The number of rotatable bonds is 3. The molecule has 0 fully saturated rings. The Morgan fingerprint density at radius 2 is 1.61 bits per heavy atom. The van der Waals surface area contributed by atoms with E-state index < -0.39 is 5.91 Å². The van der Waals surface area contributed by atoms with Gasteiger partial charge in [-0.2, -0.15) is 0 Å². The molecule has 4 nitrogen and oxygen atoms in total. The molecule has 3 N–H and O–H groups in total. The fourth-order valence-corrected chi connectivity index (χ4v) is 2.74. The molecule has 3 rings (SSSR count). The van der Waals surface area contributed by atoms with Crippen molar-refractivity contribution in [2.45, 2.75) is 6.92 Å². The molecule has 23 heavy (non-hydrogen) atoms. The number of anilines is 1. The molecule has 0 atom stereocenters. The summed E-state index contributed by atoms with van der Waals surface area (Å²) in [5.74, 6) is -0.559. The Kier molecular flexibility index (Phi) is 3.81. The number of primary amides is 1. The Hall–Kier alpha value is -3.14. The number of hydrogen-bond donors (Lipinski definition) is 2. The molecule has 0 aliphatic rings. The zero-order valence-electron chi connectivity index (χ0n) is 12.7. The SMILES string of the molecule is CC(=O)Nc1cccc(-c2cccc3c(C(N)=O)cccc23)c1. The molecule has 0 unspecified atom stereocenters. The Morgan fingerprint density at radius 3 is 2.35 bits per heavy atom. The van der Waals surface area contributed by atoms with Crippen molar-refractivity contribution >= 4 is 28.3 Å². The van der Waals surface area contributed by atoms with Crippen molar-refractivity contribution in [1.29, 1.82) is 0 Å². The van der Waals surface area contributed by atoms with Crippen LogP contribution in [-0.4, -0.2) is 11.8 Å². The van der Waals surface area contributed by atoms with Crippen molar-refractivity contribution in [3.63, 3.8) is 0 Å². The zero-order valence-corrected chi connectivity index (χ0v) is 12.7. The summed E-state index contributed by atoms with van der Waals surface area (Å²) in [5.41, 5.74) is 8.64. The van der Waals surface area contributed by atoms with Crippen LogP contribution in [-0.2, 0) is 4.79 Å². The van der Waals surface area contributed by atoms with Gasteiger partial charge in [0.2, 0.25) is 11.8 Å². The maximum absolute atomic E-state index is 11.6. The number of nitrogens with two attached hydrogens (primary N) is 1. The van der Waals surface area contributed by atoms with E-state index in [2.05, 4.69) is 5.32 Å². The average Bonchev–Trinajstić information content (AvgIpc) is 2.53. The summed E-state index contributed by atoms with van der Waals surface area (Å²) >= 11 is 0. The summed E-state index contributed by atoms with van der Waals surface area (Å²) in [7, 11) is 0. The molecule has 114 valence electrons.